The summed E-state index contributed by atoms with van der Waals surface area (Å²) in [4.78, 5) is 12.5. The van der Waals surface area contributed by atoms with E-state index in [-0.39, 0.29) is 6.03 Å². The number of hydrogen-bond donors (Lipinski definition) is 2. The van der Waals surface area contributed by atoms with Crippen LogP contribution in [0.3, 0.4) is 0 Å². The topological polar surface area (TPSA) is 68.8 Å². The molecular weight excluding hydrogens is 332 g/mol. The highest BCUT2D eigenvalue weighted by molar-refractivity contribution is 5.91. The van der Waals surface area contributed by atoms with Crippen LogP contribution in [0, 0.1) is 6.92 Å². The molecule has 0 radical (unpaired) electrons. The molecule has 0 bridgehead atoms. The van der Waals surface area contributed by atoms with Crippen molar-refractivity contribution in [3.63, 3.8) is 0 Å². The minimum Gasteiger partial charge on any atom is -0.495 e. The van der Waals surface area contributed by atoms with Crippen molar-refractivity contribution in [1.29, 1.82) is 0 Å². The van der Waals surface area contributed by atoms with Gasteiger partial charge in [-0.2, -0.15) is 0 Å². The minimum atomic E-state index is -0.600. The van der Waals surface area contributed by atoms with Crippen molar-refractivity contribution >= 4 is 11.7 Å². The number of ether oxygens (including phenoxy) is 3. The van der Waals surface area contributed by atoms with Crippen LogP contribution >= 0.6 is 0 Å². The Bertz CT molecular complexity index is 817. The molecule has 1 aliphatic heterocycles. The fourth-order valence-corrected chi connectivity index (χ4v) is 2.86. The molecule has 0 fully saturated rings. The van der Waals surface area contributed by atoms with Gasteiger partial charge in [-0.05, 0) is 56.2 Å². The van der Waals surface area contributed by atoms with Gasteiger partial charge in [0.15, 0.2) is 11.5 Å². The number of carbonyl (C=O) groups excluding carboxylic acids is 1. The fraction of sp³-hybridized carbons (Fsp3) is 0.350. The fourth-order valence-electron chi connectivity index (χ4n) is 2.86. The molecule has 0 unspecified atom stereocenters. The maximum absolute atomic E-state index is 12.5. The van der Waals surface area contributed by atoms with E-state index >= 15 is 0 Å². The molecular formula is C20H24N2O4. The normalized spacial score (nSPS) is 13.1. The molecule has 2 amide bonds. The summed E-state index contributed by atoms with van der Waals surface area (Å²) in [5.41, 5.74) is 1.99. The van der Waals surface area contributed by atoms with Gasteiger partial charge in [0.1, 0.15) is 19.0 Å². The third-order valence-electron chi connectivity index (χ3n) is 4.29. The first-order chi connectivity index (χ1) is 12.4. The Morgan fingerprint density at radius 2 is 1.81 bits per heavy atom. The quantitative estimate of drug-likeness (QED) is 0.873. The maximum atomic E-state index is 12.5. The SMILES string of the molecule is COc1ccc(C)cc1NC(=O)NC(C)(C)c1ccc2c(c1)OCCO2. The maximum Gasteiger partial charge on any atom is 0.320 e. The number of benzene rings is 2. The van der Waals surface area contributed by atoms with Gasteiger partial charge in [0.2, 0.25) is 0 Å². The molecule has 3 rings (SSSR count). The van der Waals surface area contributed by atoms with Crippen LogP contribution in [0.5, 0.6) is 17.2 Å². The van der Waals surface area contributed by atoms with Crippen LogP contribution in [0.25, 0.3) is 0 Å². The molecule has 138 valence electrons. The van der Waals surface area contributed by atoms with Gasteiger partial charge in [-0.1, -0.05) is 12.1 Å². The summed E-state index contributed by atoms with van der Waals surface area (Å²) in [7, 11) is 1.58. The van der Waals surface area contributed by atoms with Gasteiger partial charge in [-0.25, -0.2) is 4.79 Å². The standard InChI is InChI=1S/C20H24N2O4/c1-13-5-7-16(24-4)15(11-13)21-19(23)22-20(2,3)14-6-8-17-18(12-14)26-10-9-25-17/h5-8,11-12H,9-10H2,1-4H3,(H2,21,22,23). The number of nitrogens with one attached hydrogen (secondary N) is 2. The summed E-state index contributed by atoms with van der Waals surface area (Å²) in [5.74, 6) is 2.04. The smallest absolute Gasteiger partial charge is 0.320 e. The van der Waals surface area contributed by atoms with Crippen LogP contribution in [0.1, 0.15) is 25.0 Å². The third kappa shape index (κ3) is 3.85. The van der Waals surface area contributed by atoms with Crippen molar-refractivity contribution in [2.75, 3.05) is 25.6 Å². The second-order valence-corrected chi connectivity index (χ2v) is 6.77. The molecule has 0 saturated carbocycles. The van der Waals surface area contributed by atoms with E-state index in [1.807, 2.05) is 57.2 Å². The molecule has 2 aromatic carbocycles. The van der Waals surface area contributed by atoms with Crippen molar-refractivity contribution in [3.05, 3.63) is 47.5 Å². The van der Waals surface area contributed by atoms with Crippen LogP contribution in [0.4, 0.5) is 10.5 Å². The minimum absolute atomic E-state index is 0.311. The number of anilines is 1. The average Bonchev–Trinajstić information content (AvgIpc) is 2.61. The first kappa shape index (κ1) is 17.9. The molecule has 2 N–H and O–H groups in total. The number of aryl methyl sites for hydroxylation is 1. The summed E-state index contributed by atoms with van der Waals surface area (Å²) >= 11 is 0. The predicted octanol–water partition coefficient (Wildman–Crippen LogP) is 3.83. The summed E-state index contributed by atoms with van der Waals surface area (Å²) in [6, 6.07) is 11.0. The molecule has 0 aromatic heterocycles. The molecule has 6 nitrogen and oxygen atoms in total. The van der Waals surface area contributed by atoms with Gasteiger partial charge < -0.3 is 24.8 Å². The van der Waals surface area contributed by atoms with Crippen LogP contribution < -0.4 is 24.8 Å². The van der Waals surface area contributed by atoms with E-state index in [9.17, 15) is 4.79 Å². The van der Waals surface area contributed by atoms with Crippen LogP contribution in [0.2, 0.25) is 0 Å². The number of urea groups is 1. The van der Waals surface area contributed by atoms with E-state index in [2.05, 4.69) is 10.6 Å². The zero-order chi connectivity index (χ0) is 18.7. The molecule has 0 spiro atoms. The Hall–Kier alpha value is -2.89. The van der Waals surface area contributed by atoms with E-state index < -0.39 is 5.54 Å². The summed E-state index contributed by atoms with van der Waals surface area (Å²) in [5, 5.41) is 5.86. The van der Waals surface area contributed by atoms with Gasteiger partial charge in [-0.15, -0.1) is 0 Å². The van der Waals surface area contributed by atoms with Crippen LogP contribution in [0.15, 0.2) is 36.4 Å². The lowest BCUT2D eigenvalue weighted by molar-refractivity contribution is 0.171. The molecule has 6 heteroatoms. The van der Waals surface area contributed by atoms with Crippen molar-refractivity contribution in [3.8, 4) is 17.2 Å². The first-order valence-corrected chi connectivity index (χ1v) is 8.53. The number of hydrogen-bond acceptors (Lipinski definition) is 4. The Balaban J connectivity index is 1.75. The molecule has 1 heterocycles. The number of rotatable bonds is 4. The average molecular weight is 356 g/mol. The molecule has 1 aliphatic rings. The lowest BCUT2D eigenvalue weighted by Gasteiger charge is -2.29. The Labute approximate surface area is 153 Å². The third-order valence-corrected chi connectivity index (χ3v) is 4.29. The molecule has 26 heavy (non-hydrogen) atoms. The van der Waals surface area contributed by atoms with Gasteiger partial charge in [0.25, 0.3) is 0 Å². The Morgan fingerprint density at radius 3 is 2.54 bits per heavy atom. The van der Waals surface area contributed by atoms with E-state index in [1.165, 1.54) is 0 Å². The number of fused-ring (bicyclic) bond motifs is 1. The second-order valence-electron chi connectivity index (χ2n) is 6.77. The van der Waals surface area contributed by atoms with Gasteiger partial charge in [-0.3, -0.25) is 0 Å². The summed E-state index contributed by atoms with van der Waals surface area (Å²) in [6.07, 6.45) is 0. The van der Waals surface area contributed by atoms with Gasteiger partial charge in [0, 0.05) is 0 Å². The number of carbonyl (C=O) groups is 1. The summed E-state index contributed by atoms with van der Waals surface area (Å²) < 4.78 is 16.5. The van der Waals surface area contributed by atoms with E-state index in [1.54, 1.807) is 7.11 Å². The zero-order valence-corrected chi connectivity index (χ0v) is 15.5. The highest BCUT2D eigenvalue weighted by atomic mass is 16.6. The largest absolute Gasteiger partial charge is 0.495 e. The summed E-state index contributed by atoms with van der Waals surface area (Å²) in [6.45, 7) is 6.91. The van der Waals surface area contributed by atoms with E-state index in [0.29, 0.717) is 30.4 Å². The predicted molar refractivity (Wildman–Crippen MR) is 100 cm³/mol. The molecule has 2 aromatic rings. The van der Waals surface area contributed by atoms with Gasteiger partial charge in [0.05, 0.1) is 18.3 Å². The van der Waals surface area contributed by atoms with E-state index in [0.717, 1.165) is 16.9 Å². The Kier molecular flexibility index (Phi) is 4.93. The second kappa shape index (κ2) is 7.15. The molecule has 0 saturated heterocycles. The highest BCUT2D eigenvalue weighted by Gasteiger charge is 2.25. The van der Waals surface area contributed by atoms with Gasteiger partial charge >= 0.3 is 6.03 Å². The first-order valence-electron chi connectivity index (χ1n) is 8.53. The molecule has 0 aliphatic carbocycles. The zero-order valence-electron chi connectivity index (χ0n) is 15.5. The van der Waals surface area contributed by atoms with Crippen molar-refractivity contribution in [2.45, 2.75) is 26.3 Å². The Morgan fingerprint density at radius 1 is 1.08 bits per heavy atom. The van der Waals surface area contributed by atoms with Crippen LogP contribution in [-0.4, -0.2) is 26.4 Å². The molecule has 0 atom stereocenters. The van der Waals surface area contributed by atoms with Crippen molar-refractivity contribution in [1.82, 2.24) is 5.32 Å². The van der Waals surface area contributed by atoms with E-state index in [4.69, 9.17) is 14.2 Å². The monoisotopic (exact) mass is 356 g/mol. The highest BCUT2D eigenvalue weighted by Crippen LogP contribution is 2.34. The lowest BCUT2D eigenvalue weighted by Crippen LogP contribution is -2.43. The lowest BCUT2D eigenvalue weighted by atomic mass is 9.94. The number of methoxy groups -OCH3 is 1. The van der Waals surface area contributed by atoms with Crippen molar-refractivity contribution in [2.24, 2.45) is 0 Å². The number of amides is 2. The van der Waals surface area contributed by atoms with Crippen molar-refractivity contribution < 1.29 is 19.0 Å². The van der Waals surface area contributed by atoms with Crippen LogP contribution in [-0.2, 0) is 5.54 Å².